The van der Waals surface area contributed by atoms with Gasteiger partial charge in [0, 0.05) is 25.2 Å². The Morgan fingerprint density at radius 1 is 1.19 bits per heavy atom. The van der Waals surface area contributed by atoms with Crippen molar-refractivity contribution in [3.8, 4) is 5.75 Å². The van der Waals surface area contributed by atoms with Gasteiger partial charge in [-0.3, -0.25) is 10.1 Å². The average Bonchev–Trinajstić information content (AvgIpc) is 2.81. The third-order valence-electron chi connectivity index (χ3n) is 4.71. The summed E-state index contributed by atoms with van der Waals surface area (Å²) in [5.74, 6) is 0.884. The molecule has 0 radical (unpaired) electrons. The molecule has 0 aliphatic carbocycles. The molecule has 2 aromatic carbocycles. The molecular formula is C20H24N2O4. The summed E-state index contributed by atoms with van der Waals surface area (Å²) in [6.07, 6.45) is 2.04. The van der Waals surface area contributed by atoms with Crippen LogP contribution in [0, 0.1) is 10.1 Å². The first kappa shape index (κ1) is 18.4. The minimum atomic E-state index is -0.687. The van der Waals surface area contributed by atoms with Crippen molar-refractivity contribution in [3.63, 3.8) is 0 Å². The summed E-state index contributed by atoms with van der Waals surface area (Å²) in [5.41, 5.74) is 1.72. The van der Waals surface area contributed by atoms with Crippen LogP contribution in [0.3, 0.4) is 0 Å². The normalized spacial score (nSPS) is 17.3. The van der Waals surface area contributed by atoms with Crippen LogP contribution >= 0.6 is 0 Å². The molecule has 6 nitrogen and oxygen atoms in total. The molecule has 1 atom stereocenters. The molecule has 0 aromatic heterocycles. The first-order valence-corrected chi connectivity index (χ1v) is 8.99. The number of hydrogen-bond donors (Lipinski definition) is 1. The Kier molecular flexibility index (Phi) is 6.20. The number of nitrogens with zero attached hydrogens (tertiary/aromatic N) is 2. The fourth-order valence-electron chi connectivity index (χ4n) is 3.29. The van der Waals surface area contributed by atoms with Crippen molar-refractivity contribution >= 4 is 5.69 Å². The number of aliphatic hydroxyl groups excluding tert-OH is 1. The molecule has 138 valence electrons. The highest BCUT2D eigenvalue weighted by molar-refractivity contribution is 5.42. The summed E-state index contributed by atoms with van der Waals surface area (Å²) >= 11 is 0. The maximum atomic E-state index is 11.0. The topological polar surface area (TPSA) is 75.8 Å². The predicted octanol–water partition coefficient (Wildman–Crippen LogP) is 3.35. The Labute approximate surface area is 153 Å². The van der Waals surface area contributed by atoms with Crippen molar-refractivity contribution in [2.45, 2.75) is 25.4 Å². The first-order chi connectivity index (χ1) is 12.6. The van der Waals surface area contributed by atoms with Gasteiger partial charge in [0.2, 0.25) is 0 Å². The number of unbranched alkanes of at least 4 members (excludes halogenated alkanes) is 1. The van der Waals surface area contributed by atoms with Crippen LogP contribution in [0.1, 0.15) is 30.1 Å². The second kappa shape index (κ2) is 8.78. The second-order valence-corrected chi connectivity index (χ2v) is 6.58. The van der Waals surface area contributed by atoms with Crippen molar-refractivity contribution in [1.82, 2.24) is 4.90 Å². The van der Waals surface area contributed by atoms with Crippen LogP contribution in [0.5, 0.6) is 5.75 Å². The molecule has 3 rings (SSSR count). The minimum absolute atomic E-state index is 0.0364. The van der Waals surface area contributed by atoms with E-state index in [4.69, 9.17) is 4.74 Å². The zero-order valence-electron chi connectivity index (χ0n) is 14.7. The summed E-state index contributed by atoms with van der Waals surface area (Å²) in [7, 11) is 0. The van der Waals surface area contributed by atoms with Gasteiger partial charge >= 0.3 is 0 Å². The molecule has 0 amide bonds. The third-order valence-corrected chi connectivity index (χ3v) is 4.71. The molecule has 6 heteroatoms. The summed E-state index contributed by atoms with van der Waals surface area (Å²) in [6, 6.07) is 14.6. The fourth-order valence-corrected chi connectivity index (χ4v) is 3.29. The third kappa shape index (κ3) is 4.80. The Bertz CT molecular complexity index is 736. The van der Waals surface area contributed by atoms with Crippen LogP contribution in [0.25, 0.3) is 0 Å². The number of para-hydroxylation sites is 1. The van der Waals surface area contributed by atoms with Crippen LogP contribution < -0.4 is 4.74 Å². The van der Waals surface area contributed by atoms with Crippen molar-refractivity contribution in [2.24, 2.45) is 0 Å². The van der Waals surface area contributed by atoms with E-state index in [0.717, 1.165) is 43.7 Å². The molecule has 26 heavy (non-hydrogen) atoms. The lowest BCUT2D eigenvalue weighted by Gasteiger charge is -2.21. The number of benzene rings is 2. The van der Waals surface area contributed by atoms with Gasteiger partial charge in [0.05, 0.1) is 17.6 Å². The molecule has 1 N–H and O–H groups in total. The van der Waals surface area contributed by atoms with E-state index in [2.05, 4.69) is 4.90 Å². The number of nitro groups is 1. The number of rotatable bonds is 7. The fraction of sp³-hybridized carbons (Fsp3) is 0.400. The minimum Gasteiger partial charge on any atom is -0.494 e. The second-order valence-electron chi connectivity index (χ2n) is 6.58. The summed E-state index contributed by atoms with van der Waals surface area (Å²) in [6.45, 7) is 2.91. The van der Waals surface area contributed by atoms with E-state index in [1.807, 2.05) is 30.3 Å². The Hall–Kier alpha value is -2.44. The molecule has 1 heterocycles. The van der Waals surface area contributed by atoms with Crippen LogP contribution in [0.2, 0.25) is 0 Å². The molecular weight excluding hydrogens is 332 g/mol. The van der Waals surface area contributed by atoms with Crippen molar-refractivity contribution in [3.05, 3.63) is 69.8 Å². The quantitative estimate of drug-likeness (QED) is 0.468. The number of hydrogen-bond acceptors (Lipinski definition) is 5. The molecule has 1 aliphatic rings. The average molecular weight is 356 g/mol. The summed E-state index contributed by atoms with van der Waals surface area (Å²) in [4.78, 5) is 12.8. The molecule has 2 aromatic rings. The van der Waals surface area contributed by atoms with Gasteiger partial charge in [-0.2, -0.15) is 0 Å². The highest BCUT2D eigenvalue weighted by Gasteiger charge is 2.23. The Morgan fingerprint density at radius 2 is 2.00 bits per heavy atom. The van der Waals surface area contributed by atoms with E-state index in [0.29, 0.717) is 18.7 Å². The van der Waals surface area contributed by atoms with Gasteiger partial charge in [-0.1, -0.05) is 24.3 Å². The van der Waals surface area contributed by atoms with Crippen LogP contribution in [0.4, 0.5) is 5.69 Å². The summed E-state index contributed by atoms with van der Waals surface area (Å²) in [5, 5.41) is 21.4. The van der Waals surface area contributed by atoms with Gasteiger partial charge in [-0.15, -0.1) is 0 Å². The van der Waals surface area contributed by atoms with Crippen LogP contribution in [-0.2, 0) is 6.42 Å². The Balaban J connectivity index is 1.47. The zero-order chi connectivity index (χ0) is 18.4. The number of aliphatic hydroxyl groups is 1. The van der Waals surface area contributed by atoms with Crippen molar-refractivity contribution in [2.75, 3.05) is 26.2 Å². The maximum Gasteiger partial charge on any atom is 0.269 e. The molecule has 0 bridgehead atoms. The van der Waals surface area contributed by atoms with E-state index in [1.54, 1.807) is 6.07 Å². The van der Waals surface area contributed by atoms with Crippen LogP contribution in [-0.4, -0.2) is 41.2 Å². The van der Waals surface area contributed by atoms with E-state index in [-0.39, 0.29) is 5.69 Å². The lowest BCUT2D eigenvalue weighted by atomic mass is 10.0. The van der Waals surface area contributed by atoms with Crippen molar-refractivity contribution in [1.29, 1.82) is 0 Å². The Morgan fingerprint density at radius 3 is 2.77 bits per heavy atom. The number of ether oxygens (including phenoxy) is 1. The van der Waals surface area contributed by atoms with Crippen LogP contribution in [0.15, 0.2) is 48.5 Å². The van der Waals surface area contributed by atoms with Crippen molar-refractivity contribution < 1.29 is 14.8 Å². The standard InChI is InChI=1S/C20H24N2O4/c23-20-15-21(11-4-5-13-26-18-6-2-1-3-7-18)12-10-16-8-9-17(22(24)25)14-19(16)20/h1-3,6-9,14,20,23H,4-5,10-13,15H2. The molecule has 0 spiro atoms. The lowest BCUT2D eigenvalue weighted by molar-refractivity contribution is -0.385. The smallest absolute Gasteiger partial charge is 0.269 e. The first-order valence-electron chi connectivity index (χ1n) is 8.99. The van der Waals surface area contributed by atoms with Gasteiger partial charge in [-0.05, 0) is 49.1 Å². The largest absolute Gasteiger partial charge is 0.494 e. The predicted molar refractivity (Wildman–Crippen MR) is 99.4 cm³/mol. The van der Waals surface area contributed by atoms with Gasteiger partial charge < -0.3 is 14.7 Å². The highest BCUT2D eigenvalue weighted by atomic mass is 16.6. The highest BCUT2D eigenvalue weighted by Crippen LogP contribution is 2.27. The van der Waals surface area contributed by atoms with E-state index in [1.165, 1.54) is 12.1 Å². The van der Waals surface area contributed by atoms with Gasteiger partial charge in [0.1, 0.15) is 5.75 Å². The summed E-state index contributed by atoms with van der Waals surface area (Å²) < 4.78 is 5.70. The molecule has 1 aliphatic heterocycles. The number of β-amino-alcohol motifs (C(OH)–C–C–N with tert-alkyl or cyclic N) is 1. The number of non-ortho nitro benzene ring substituents is 1. The van der Waals surface area contributed by atoms with E-state index in [9.17, 15) is 15.2 Å². The monoisotopic (exact) mass is 356 g/mol. The SMILES string of the molecule is O=[N+]([O-])c1ccc2c(c1)C(O)CN(CCCCOc1ccccc1)CC2. The maximum absolute atomic E-state index is 11.0. The van der Waals surface area contributed by atoms with Gasteiger partial charge in [0.15, 0.2) is 0 Å². The van der Waals surface area contributed by atoms with E-state index >= 15 is 0 Å². The lowest BCUT2D eigenvalue weighted by Crippen LogP contribution is -2.29. The van der Waals surface area contributed by atoms with Gasteiger partial charge in [0.25, 0.3) is 5.69 Å². The van der Waals surface area contributed by atoms with E-state index < -0.39 is 11.0 Å². The zero-order valence-corrected chi connectivity index (χ0v) is 14.7. The molecule has 0 fully saturated rings. The number of nitro benzene ring substituents is 1. The molecule has 0 saturated heterocycles. The number of fused-ring (bicyclic) bond motifs is 1. The molecule has 0 saturated carbocycles. The molecule has 1 unspecified atom stereocenters. The van der Waals surface area contributed by atoms with Gasteiger partial charge in [-0.25, -0.2) is 0 Å².